The summed E-state index contributed by atoms with van der Waals surface area (Å²) < 4.78 is 2.97. The molecule has 0 saturated heterocycles. The van der Waals surface area contributed by atoms with Gasteiger partial charge in [-0.15, -0.1) is 0 Å². The molecular weight excluding hydrogens is 408 g/mol. The zero-order chi connectivity index (χ0) is 22.7. The van der Waals surface area contributed by atoms with Gasteiger partial charge in [-0.25, -0.2) is 4.98 Å². The zero-order valence-corrected chi connectivity index (χ0v) is 17.7. The monoisotopic (exact) mass is 428 g/mol. The van der Waals surface area contributed by atoms with Crippen LogP contribution in [0.25, 0.3) is 38.8 Å². The fourth-order valence-electron chi connectivity index (χ4n) is 4.14. The summed E-state index contributed by atoms with van der Waals surface area (Å²) in [4.78, 5) is 30.9. The Kier molecular flexibility index (Phi) is 4.12. The third kappa shape index (κ3) is 2.69. The molecule has 0 spiro atoms. The Morgan fingerprint density at radius 1 is 1.12 bits per heavy atom. The van der Waals surface area contributed by atoms with Crippen LogP contribution in [0, 0.1) is 13.8 Å². The number of nitrogens with two attached hydrogens (primary N) is 2. The lowest BCUT2D eigenvalue weighted by molar-refractivity contribution is 0.100. The molecule has 160 valence electrons. The molecule has 5 N–H and O–H groups in total. The van der Waals surface area contributed by atoms with E-state index in [9.17, 15) is 9.59 Å². The highest BCUT2D eigenvalue weighted by Gasteiger charge is 2.24. The summed E-state index contributed by atoms with van der Waals surface area (Å²) in [5.74, 6) is -0.841. The number of hydrogen-bond acceptors (Lipinski definition) is 6. The van der Waals surface area contributed by atoms with Crippen LogP contribution < -0.4 is 17.0 Å². The summed E-state index contributed by atoms with van der Waals surface area (Å²) >= 11 is 0. The summed E-state index contributed by atoms with van der Waals surface area (Å²) in [5, 5.41) is 12.1. The number of carbonyl (C=O) groups is 1. The van der Waals surface area contributed by atoms with E-state index in [0.29, 0.717) is 16.8 Å². The number of rotatable bonds is 3. The molecule has 0 aliphatic heterocycles. The first-order valence-corrected chi connectivity index (χ1v) is 9.85. The van der Waals surface area contributed by atoms with Crippen molar-refractivity contribution < 1.29 is 4.79 Å². The molecule has 5 rings (SSSR count). The second-order valence-electron chi connectivity index (χ2n) is 7.78. The number of nitrogen functional groups attached to an aromatic ring is 1. The lowest BCUT2D eigenvalue weighted by Crippen LogP contribution is -2.28. The molecule has 0 radical (unpaired) electrons. The van der Waals surface area contributed by atoms with E-state index >= 15 is 0 Å². The molecule has 4 heterocycles. The van der Waals surface area contributed by atoms with Crippen LogP contribution in [0.2, 0.25) is 0 Å². The number of H-pyrrole nitrogens is 1. The average Bonchev–Trinajstić information content (AvgIpc) is 3.38. The maximum absolute atomic E-state index is 13.7. The Balaban J connectivity index is 1.94. The first-order valence-electron chi connectivity index (χ1n) is 9.85. The predicted octanol–water partition coefficient (Wildman–Crippen LogP) is 1.96. The lowest BCUT2D eigenvalue weighted by Gasteiger charge is -2.18. The average molecular weight is 428 g/mol. The predicted molar refractivity (Wildman–Crippen MR) is 122 cm³/mol. The number of anilines is 1. The van der Waals surface area contributed by atoms with Crippen molar-refractivity contribution >= 4 is 33.5 Å². The highest BCUT2D eigenvalue weighted by Crippen LogP contribution is 2.31. The first kappa shape index (κ1) is 19.5. The highest BCUT2D eigenvalue weighted by molar-refractivity contribution is 6.09. The van der Waals surface area contributed by atoms with Crippen LogP contribution in [-0.4, -0.2) is 35.4 Å². The Bertz CT molecular complexity index is 1620. The van der Waals surface area contributed by atoms with Crippen molar-refractivity contribution in [1.82, 2.24) is 29.5 Å². The number of primary amides is 1. The Morgan fingerprint density at radius 3 is 2.59 bits per heavy atom. The van der Waals surface area contributed by atoms with E-state index in [4.69, 9.17) is 11.5 Å². The van der Waals surface area contributed by atoms with Gasteiger partial charge in [-0.1, -0.05) is 6.07 Å². The van der Waals surface area contributed by atoms with Crippen LogP contribution in [-0.2, 0) is 7.05 Å². The van der Waals surface area contributed by atoms with Crippen LogP contribution in [0.4, 0.5) is 5.82 Å². The number of carbonyl (C=O) groups excluding carboxylic acids is 1. The maximum atomic E-state index is 13.7. The number of hydrogen-bond donors (Lipinski definition) is 3. The summed E-state index contributed by atoms with van der Waals surface area (Å²) in [6, 6.07) is 5.43. The quantitative estimate of drug-likeness (QED) is 0.400. The van der Waals surface area contributed by atoms with Gasteiger partial charge in [0.05, 0.1) is 40.2 Å². The van der Waals surface area contributed by atoms with Gasteiger partial charge in [0, 0.05) is 24.2 Å². The largest absolute Gasteiger partial charge is 0.384 e. The molecule has 10 nitrogen and oxygen atoms in total. The standard InChI is InChI=1S/C22H20N8O2/c1-10-4-5-15-14(8-25-28-15)19(10)30-20(23)16(21(24)31)18-13(22(30)32)6-11(2)17(27-18)12-7-26-29(3)9-12/h4-9H,23H2,1-3H3,(H2,24,31)(H,25,28). The minimum absolute atomic E-state index is 0.00959. The van der Waals surface area contributed by atoms with Crippen molar-refractivity contribution in [3.05, 3.63) is 63.8 Å². The summed E-state index contributed by atoms with van der Waals surface area (Å²) in [6.45, 7) is 3.71. The summed E-state index contributed by atoms with van der Waals surface area (Å²) in [7, 11) is 1.80. The number of aromatic nitrogens is 6. The van der Waals surface area contributed by atoms with Gasteiger partial charge in [0.15, 0.2) is 0 Å². The highest BCUT2D eigenvalue weighted by atomic mass is 16.1. The second-order valence-corrected chi connectivity index (χ2v) is 7.78. The molecular formula is C22H20N8O2. The molecule has 0 unspecified atom stereocenters. The van der Waals surface area contributed by atoms with Crippen molar-refractivity contribution in [2.24, 2.45) is 12.8 Å². The van der Waals surface area contributed by atoms with Crippen LogP contribution in [0.1, 0.15) is 21.5 Å². The number of benzene rings is 1. The van der Waals surface area contributed by atoms with Crippen molar-refractivity contribution in [1.29, 1.82) is 0 Å². The van der Waals surface area contributed by atoms with Crippen molar-refractivity contribution in [3.63, 3.8) is 0 Å². The van der Waals surface area contributed by atoms with E-state index in [1.54, 1.807) is 36.4 Å². The normalized spacial score (nSPS) is 11.5. The fourth-order valence-corrected chi connectivity index (χ4v) is 4.14. The van der Waals surface area contributed by atoms with Crippen LogP contribution in [0.5, 0.6) is 0 Å². The Labute approximate surface area is 181 Å². The third-order valence-electron chi connectivity index (χ3n) is 5.63. The summed E-state index contributed by atoms with van der Waals surface area (Å²) in [6.07, 6.45) is 5.09. The Morgan fingerprint density at radius 2 is 1.91 bits per heavy atom. The van der Waals surface area contributed by atoms with Gasteiger partial charge in [0.25, 0.3) is 11.5 Å². The minimum atomic E-state index is -0.772. The molecule has 10 heteroatoms. The van der Waals surface area contributed by atoms with Crippen LogP contribution in [0.3, 0.4) is 0 Å². The van der Waals surface area contributed by atoms with E-state index < -0.39 is 11.5 Å². The number of nitrogens with one attached hydrogen (secondary N) is 1. The van der Waals surface area contributed by atoms with Gasteiger partial charge in [-0.05, 0) is 37.1 Å². The molecule has 4 aromatic heterocycles. The summed E-state index contributed by atoms with van der Waals surface area (Å²) in [5.41, 5.74) is 16.1. The molecule has 1 amide bonds. The van der Waals surface area contributed by atoms with Gasteiger partial charge in [0.2, 0.25) is 0 Å². The number of aryl methyl sites for hydroxylation is 3. The minimum Gasteiger partial charge on any atom is -0.384 e. The molecule has 0 aliphatic carbocycles. The first-order chi connectivity index (χ1) is 15.3. The zero-order valence-electron chi connectivity index (χ0n) is 17.7. The topological polar surface area (TPSA) is 150 Å². The van der Waals surface area contributed by atoms with Crippen LogP contribution in [0.15, 0.2) is 41.6 Å². The van der Waals surface area contributed by atoms with Gasteiger partial charge in [-0.2, -0.15) is 10.2 Å². The number of aromatic amines is 1. The molecule has 0 atom stereocenters. The molecule has 0 aliphatic rings. The number of amides is 1. The molecule has 32 heavy (non-hydrogen) atoms. The molecule has 0 saturated carbocycles. The SMILES string of the molecule is Cc1cc2c(=O)n(-c3c(C)ccc4[nH]ncc34)c(N)c(C(N)=O)c2nc1-c1cnn(C)c1. The van der Waals surface area contributed by atoms with Crippen LogP contribution >= 0.6 is 0 Å². The van der Waals surface area contributed by atoms with Crippen molar-refractivity contribution in [2.45, 2.75) is 13.8 Å². The Hall–Kier alpha value is -4.47. The molecule has 5 aromatic rings. The molecule has 0 fully saturated rings. The van der Waals surface area contributed by atoms with E-state index in [0.717, 1.165) is 22.2 Å². The van der Waals surface area contributed by atoms with Gasteiger partial charge < -0.3 is 11.5 Å². The van der Waals surface area contributed by atoms with E-state index in [1.807, 2.05) is 26.0 Å². The van der Waals surface area contributed by atoms with Gasteiger partial charge in [-0.3, -0.25) is 23.9 Å². The van der Waals surface area contributed by atoms with Gasteiger partial charge in [0.1, 0.15) is 11.4 Å². The smallest absolute Gasteiger partial charge is 0.266 e. The maximum Gasteiger partial charge on any atom is 0.266 e. The van der Waals surface area contributed by atoms with E-state index in [2.05, 4.69) is 20.3 Å². The van der Waals surface area contributed by atoms with Crippen molar-refractivity contribution in [2.75, 3.05) is 5.73 Å². The van der Waals surface area contributed by atoms with E-state index in [1.165, 1.54) is 4.57 Å². The second kappa shape index (κ2) is 6.77. The third-order valence-corrected chi connectivity index (χ3v) is 5.63. The molecule has 0 bridgehead atoms. The number of fused-ring (bicyclic) bond motifs is 2. The fraction of sp³-hybridized carbons (Fsp3) is 0.136. The molecule has 1 aromatic carbocycles. The lowest BCUT2D eigenvalue weighted by atomic mass is 10.0. The van der Waals surface area contributed by atoms with Crippen molar-refractivity contribution in [3.8, 4) is 16.9 Å². The van der Waals surface area contributed by atoms with Gasteiger partial charge >= 0.3 is 0 Å². The van der Waals surface area contributed by atoms with E-state index in [-0.39, 0.29) is 22.3 Å². The number of nitrogens with zero attached hydrogens (tertiary/aromatic N) is 5. The number of pyridine rings is 2.